The molecule has 0 radical (unpaired) electrons. The molecule has 1 heterocycles. The van der Waals surface area contributed by atoms with E-state index >= 15 is 0 Å². The van der Waals surface area contributed by atoms with Crippen molar-refractivity contribution in [3.8, 4) is 5.75 Å². The second-order valence-corrected chi connectivity index (χ2v) is 5.54. The van der Waals surface area contributed by atoms with E-state index in [4.69, 9.17) is 5.11 Å². The van der Waals surface area contributed by atoms with Gasteiger partial charge in [0.25, 0.3) is 0 Å². The summed E-state index contributed by atoms with van der Waals surface area (Å²) in [6, 6.07) is 4.19. The van der Waals surface area contributed by atoms with E-state index < -0.39 is 29.5 Å². The Morgan fingerprint density at radius 3 is 2.39 bits per heavy atom. The van der Waals surface area contributed by atoms with Crippen molar-refractivity contribution in [3.05, 3.63) is 24.3 Å². The number of nitrogens with zero attached hydrogens (tertiary/aromatic N) is 1. The fourth-order valence-electron chi connectivity index (χ4n) is 2.25. The number of urea groups is 1. The van der Waals surface area contributed by atoms with E-state index in [0.717, 1.165) is 12.1 Å². The van der Waals surface area contributed by atoms with Gasteiger partial charge in [-0.1, -0.05) is 0 Å². The summed E-state index contributed by atoms with van der Waals surface area (Å²) < 4.78 is 39.9. The first-order chi connectivity index (χ1) is 10.6. The van der Waals surface area contributed by atoms with E-state index in [1.54, 1.807) is 6.92 Å². The molecule has 0 aliphatic carbocycles. The fourth-order valence-corrected chi connectivity index (χ4v) is 2.25. The van der Waals surface area contributed by atoms with E-state index in [9.17, 15) is 22.8 Å². The van der Waals surface area contributed by atoms with Crippen molar-refractivity contribution in [2.24, 2.45) is 5.41 Å². The molecule has 9 heteroatoms. The molecule has 0 bridgehead atoms. The average molecular weight is 332 g/mol. The highest BCUT2D eigenvalue weighted by Crippen LogP contribution is 2.30. The van der Waals surface area contributed by atoms with Gasteiger partial charge in [0.2, 0.25) is 0 Å². The van der Waals surface area contributed by atoms with Crippen molar-refractivity contribution in [1.29, 1.82) is 0 Å². The van der Waals surface area contributed by atoms with E-state index in [1.807, 2.05) is 0 Å². The number of anilines is 1. The summed E-state index contributed by atoms with van der Waals surface area (Å²) in [6.45, 7) is 1.93. The molecule has 1 aromatic rings. The van der Waals surface area contributed by atoms with Gasteiger partial charge >= 0.3 is 18.4 Å². The predicted octanol–water partition coefficient (Wildman–Crippen LogP) is 2.91. The van der Waals surface area contributed by atoms with E-state index in [1.165, 1.54) is 17.0 Å². The highest BCUT2D eigenvalue weighted by molar-refractivity contribution is 5.90. The van der Waals surface area contributed by atoms with Gasteiger partial charge in [0.15, 0.2) is 0 Å². The van der Waals surface area contributed by atoms with Crippen LogP contribution in [0.5, 0.6) is 5.75 Å². The summed E-state index contributed by atoms with van der Waals surface area (Å²) in [5, 5.41) is 11.6. The molecule has 1 fully saturated rings. The number of aliphatic carboxylic acids is 1. The minimum Gasteiger partial charge on any atom is -0.481 e. The van der Waals surface area contributed by atoms with Crippen LogP contribution in [0.3, 0.4) is 0 Å². The van der Waals surface area contributed by atoms with Gasteiger partial charge < -0.3 is 20.1 Å². The Hall–Kier alpha value is -2.45. The van der Waals surface area contributed by atoms with Gasteiger partial charge in [-0.3, -0.25) is 4.79 Å². The topological polar surface area (TPSA) is 78.9 Å². The third kappa shape index (κ3) is 4.27. The molecule has 0 spiro atoms. The molecule has 1 aromatic carbocycles. The second-order valence-electron chi connectivity index (χ2n) is 5.54. The molecule has 2 amide bonds. The number of hydrogen-bond donors (Lipinski definition) is 2. The van der Waals surface area contributed by atoms with Crippen LogP contribution in [0.4, 0.5) is 23.7 Å². The maximum Gasteiger partial charge on any atom is 0.573 e. The lowest BCUT2D eigenvalue weighted by atomic mass is 9.90. The van der Waals surface area contributed by atoms with Crippen LogP contribution in [-0.2, 0) is 4.79 Å². The molecule has 0 aromatic heterocycles. The highest BCUT2D eigenvalue weighted by atomic mass is 19.4. The maximum atomic E-state index is 12.0. The minimum absolute atomic E-state index is 0.0729. The number of carbonyl (C=O) groups is 2. The highest BCUT2D eigenvalue weighted by Gasteiger charge is 2.42. The van der Waals surface area contributed by atoms with Crippen molar-refractivity contribution in [2.75, 3.05) is 18.4 Å². The molecule has 1 saturated heterocycles. The summed E-state index contributed by atoms with van der Waals surface area (Å²) in [5.74, 6) is -1.36. The van der Waals surface area contributed by atoms with Crippen molar-refractivity contribution in [1.82, 2.24) is 4.90 Å². The van der Waals surface area contributed by atoms with Crippen molar-refractivity contribution >= 4 is 17.7 Å². The number of benzene rings is 1. The number of halogens is 3. The Balaban J connectivity index is 1.95. The number of carbonyl (C=O) groups excluding carboxylic acids is 1. The number of hydrogen-bond acceptors (Lipinski definition) is 3. The largest absolute Gasteiger partial charge is 0.573 e. The summed E-state index contributed by atoms with van der Waals surface area (Å²) in [4.78, 5) is 24.5. The number of alkyl halides is 3. The zero-order valence-corrected chi connectivity index (χ0v) is 12.2. The van der Waals surface area contributed by atoms with Crippen LogP contribution in [0.25, 0.3) is 0 Å². The standard InChI is InChI=1S/C14H15F3N2O4/c1-13(11(20)21)6-7-19(8-13)12(22)18-9-2-4-10(5-3-9)23-14(15,16)17/h2-5H,6-8H2,1H3,(H,18,22)(H,20,21). The van der Waals surface area contributed by atoms with Crippen LogP contribution in [0, 0.1) is 5.41 Å². The fraction of sp³-hybridized carbons (Fsp3) is 0.429. The molecule has 2 rings (SSSR count). The number of carboxylic acids is 1. The Bertz CT molecular complexity index is 603. The first-order valence-electron chi connectivity index (χ1n) is 6.74. The van der Waals surface area contributed by atoms with Gasteiger partial charge in [0, 0.05) is 18.8 Å². The first-order valence-corrected chi connectivity index (χ1v) is 6.74. The molecule has 126 valence electrons. The van der Waals surface area contributed by atoms with E-state index in [2.05, 4.69) is 10.1 Å². The third-order valence-corrected chi connectivity index (χ3v) is 3.62. The maximum absolute atomic E-state index is 12.0. The molecule has 0 saturated carbocycles. The van der Waals surface area contributed by atoms with Crippen LogP contribution in [0.1, 0.15) is 13.3 Å². The number of likely N-dealkylation sites (tertiary alicyclic amines) is 1. The number of carboxylic acid groups (broad SMARTS) is 1. The van der Waals surface area contributed by atoms with E-state index in [-0.39, 0.29) is 12.2 Å². The van der Waals surface area contributed by atoms with Crippen LogP contribution in [0.15, 0.2) is 24.3 Å². The zero-order chi connectivity index (χ0) is 17.3. The number of nitrogens with one attached hydrogen (secondary N) is 1. The van der Waals surface area contributed by atoms with Gasteiger partial charge in [-0.05, 0) is 37.6 Å². The second kappa shape index (κ2) is 5.98. The SMILES string of the molecule is CC1(C(=O)O)CCN(C(=O)Nc2ccc(OC(F)(F)F)cc2)C1. The van der Waals surface area contributed by atoms with Gasteiger partial charge in [-0.25, -0.2) is 4.79 Å². The third-order valence-electron chi connectivity index (χ3n) is 3.62. The van der Waals surface area contributed by atoms with Crippen molar-refractivity contribution in [3.63, 3.8) is 0 Å². The normalized spacial score (nSPS) is 21.1. The van der Waals surface area contributed by atoms with Crippen LogP contribution in [0.2, 0.25) is 0 Å². The van der Waals surface area contributed by atoms with Gasteiger partial charge in [0.1, 0.15) is 5.75 Å². The molecule has 2 N–H and O–H groups in total. The van der Waals surface area contributed by atoms with Crippen LogP contribution in [-0.4, -0.2) is 41.5 Å². The number of rotatable bonds is 3. The van der Waals surface area contributed by atoms with Crippen LogP contribution < -0.4 is 10.1 Å². The molecular weight excluding hydrogens is 317 g/mol. The molecule has 1 unspecified atom stereocenters. The van der Waals surface area contributed by atoms with Gasteiger partial charge in [-0.15, -0.1) is 13.2 Å². The molecule has 1 aliphatic heterocycles. The average Bonchev–Trinajstić information content (AvgIpc) is 2.84. The number of amides is 2. The summed E-state index contributed by atoms with van der Waals surface area (Å²) in [5.41, 5.74) is -0.699. The van der Waals surface area contributed by atoms with Crippen molar-refractivity contribution < 1.29 is 32.6 Å². The zero-order valence-electron chi connectivity index (χ0n) is 12.2. The van der Waals surface area contributed by atoms with Gasteiger partial charge in [0.05, 0.1) is 5.41 Å². The summed E-state index contributed by atoms with van der Waals surface area (Å²) in [6.07, 6.45) is -4.43. The molecule has 1 aliphatic rings. The monoisotopic (exact) mass is 332 g/mol. The number of ether oxygens (including phenoxy) is 1. The Kier molecular flexibility index (Phi) is 4.39. The predicted molar refractivity (Wildman–Crippen MR) is 74.1 cm³/mol. The summed E-state index contributed by atoms with van der Waals surface area (Å²) in [7, 11) is 0. The summed E-state index contributed by atoms with van der Waals surface area (Å²) >= 11 is 0. The molecule has 6 nitrogen and oxygen atoms in total. The van der Waals surface area contributed by atoms with Crippen molar-refractivity contribution in [2.45, 2.75) is 19.7 Å². The van der Waals surface area contributed by atoms with E-state index in [0.29, 0.717) is 13.0 Å². The lowest BCUT2D eigenvalue weighted by Gasteiger charge is -2.20. The quantitative estimate of drug-likeness (QED) is 0.892. The van der Waals surface area contributed by atoms with Gasteiger partial charge in [-0.2, -0.15) is 0 Å². The Morgan fingerprint density at radius 2 is 1.91 bits per heavy atom. The van der Waals surface area contributed by atoms with Crippen LogP contribution >= 0.6 is 0 Å². The lowest BCUT2D eigenvalue weighted by molar-refractivity contribution is -0.274. The lowest BCUT2D eigenvalue weighted by Crippen LogP contribution is -2.37. The first kappa shape index (κ1) is 16.9. The molecular formula is C14H15F3N2O4. The smallest absolute Gasteiger partial charge is 0.481 e. The minimum atomic E-state index is -4.78. The Labute approximate surface area is 129 Å². The molecule has 23 heavy (non-hydrogen) atoms. The Morgan fingerprint density at radius 1 is 1.30 bits per heavy atom. The molecule has 1 atom stereocenters.